The summed E-state index contributed by atoms with van der Waals surface area (Å²) in [5, 5.41) is 3.56. The van der Waals surface area contributed by atoms with Gasteiger partial charge < -0.3 is 10.2 Å². The first kappa shape index (κ1) is 19.8. The number of para-hydroxylation sites is 1. The van der Waals surface area contributed by atoms with Crippen LogP contribution in [0, 0.1) is 5.92 Å². The third kappa shape index (κ3) is 4.12. The van der Waals surface area contributed by atoms with Gasteiger partial charge in [-0.15, -0.1) is 0 Å². The second-order valence-electron chi connectivity index (χ2n) is 7.47. The van der Waals surface area contributed by atoms with Gasteiger partial charge >= 0.3 is 0 Å². The number of aromatic nitrogens is 2. The van der Waals surface area contributed by atoms with Crippen LogP contribution in [0.1, 0.15) is 24.2 Å². The number of nitrogens with one attached hydrogen (secondary N) is 1. The average Bonchev–Trinajstić information content (AvgIpc) is 2.68. The molecule has 6 nitrogen and oxygen atoms in total. The predicted molar refractivity (Wildman–Crippen MR) is 112 cm³/mol. The number of carbonyl (C=O) groups is 1. The molecule has 28 heavy (non-hydrogen) atoms. The smallest absolute Gasteiger partial charge is 0.265 e. The van der Waals surface area contributed by atoms with E-state index >= 15 is 0 Å². The molecule has 6 heteroatoms. The molecule has 1 amide bonds. The first-order chi connectivity index (χ1) is 13.4. The van der Waals surface area contributed by atoms with Crippen LogP contribution < -0.4 is 10.9 Å². The lowest BCUT2D eigenvalue weighted by Gasteiger charge is -2.28. The Morgan fingerprint density at radius 2 is 1.79 bits per heavy atom. The summed E-state index contributed by atoms with van der Waals surface area (Å²) in [5.41, 5.74) is 1.77. The van der Waals surface area contributed by atoms with E-state index in [1.807, 2.05) is 32.3 Å². The number of hydrogen-bond donors (Lipinski definition) is 1. The van der Waals surface area contributed by atoms with E-state index < -0.39 is 0 Å². The van der Waals surface area contributed by atoms with Crippen molar-refractivity contribution in [2.24, 2.45) is 5.92 Å². The fourth-order valence-corrected chi connectivity index (χ4v) is 3.34. The second-order valence-corrected chi connectivity index (χ2v) is 7.47. The lowest BCUT2D eigenvalue weighted by atomic mass is 10.0. The number of benzene rings is 2. The lowest BCUT2D eigenvalue weighted by molar-refractivity contribution is 0.0934. The van der Waals surface area contributed by atoms with Crippen molar-refractivity contribution in [3.05, 3.63) is 70.8 Å². The van der Waals surface area contributed by atoms with Gasteiger partial charge in [-0.25, -0.2) is 4.98 Å². The maximum Gasteiger partial charge on any atom is 0.265 e. The third-order valence-corrected chi connectivity index (χ3v) is 4.98. The second kappa shape index (κ2) is 8.35. The number of hydrogen-bond acceptors (Lipinski definition) is 4. The van der Waals surface area contributed by atoms with Crippen molar-refractivity contribution >= 4 is 16.8 Å². The molecule has 1 aromatic heterocycles. The van der Waals surface area contributed by atoms with E-state index in [1.54, 1.807) is 30.3 Å². The molecule has 0 aliphatic heterocycles. The van der Waals surface area contributed by atoms with Crippen LogP contribution in [-0.2, 0) is 0 Å². The highest BCUT2D eigenvalue weighted by Gasteiger charge is 2.17. The molecule has 3 aromatic rings. The summed E-state index contributed by atoms with van der Waals surface area (Å²) >= 11 is 0. The van der Waals surface area contributed by atoms with Gasteiger partial charge in [0.25, 0.3) is 11.5 Å². The summed E-state index contributed by atoms with van der Waals surface area (Å²) in [7, 11) is 4.03. The molecule has 0 bridgehead atoms. The van der Waals surface area contributed by atoms with Crippen molar-refractivity contribution in [2.75, 3.05) is 20.6 Å². The Kier molecular flexibility index (Phi) is 5.90. The zero-order valence-corrected chi connectivity index (χ0v) is 16.7. The van der Waals surface area contributed by atoms with Gasteiger partial charge in [-0.05, 0) is 56.4 Å². The molecule has 2 aromatic carbocycles. The van der Waals surface area contributed by atoms with E-state index in [2.05, 4.69) is 29.0 Å². The molecule has 1 heterocycles. The maximum atomic E-state index is 12.7. The van der Waals surface area contributed by atoms with E-state index in [-0.39, 0.29) is 17.5 Å². The van der Waals surface area contributed by atoms with Crippen molar-refractivity contribution < 1.29 is 4.79 Å². The van der Waals surface area contributed by atoms with Crippen LogP contribution in [-0.4, -0.2) is 47.0 Å². The van der Waals surface area contributed by atoms with Gasteiger partial charge in [0.1, 0.15) is 6.33 Å². The monoisotopic (exact) mass is 378 g/mol. The molecular weight excluding hydrogens is 352 g/mol. The van der Waals surface area contributed by atoms with Crippen molar-refractivity contribution in [2.45, 2.75) is 19.9 Å². The van der Waals surface area contributed by atoms with Crippen LogP contribution in [0.2, 0.25) is 0 Å². The molecule has 0 saturated carbocycles. The van der Waals surface area contributed by atoms with Crippen molar-refractivity contribution in [3.8, 4) is 5.69 Å². The van der Waals surface area contributed by atoms with Gasteiger partial charge in [0.2, 0.25) is 0 Å². The summed E-state index contributed by atoms with van der Waals surface area (Å²) in [5.74, 6) is 0.313. The fourth-order valence-electron chi connectivity index (χ4n) is 3.34. The summed E-state index contributed by atoms with van der Waals surface area (Å²) < 4.78 is 1.49. The molecule has 0 spiro atoms. The number of nitrogens with zero attached hydrogens (tertiary/aromatic N) is 3. The van der Waals surface area contributed by atoms with Gasteiger partial charge in [-0.2, -0.15) is 0 Å². The molecule has 0 unspecified atom stereocenters. The standard InChI is InChI=1S/C22H26N4O2/c1-15(2)20(25(3)4)13-23-21(27)16-9-11-17(12-10-16)26-14-24-19-8-6-5-7-18(19)22(26)28/h5-12,14-15,20H,13H2,1-4H3,(H,23,27)/t20-/m1/s1. The maximum absolute atomic E-state index is 12.7. The first-order valence-electron chi connectivity index (χ1n) is 9.40. The Labute approximate surface area is 164 Å². The predicted octanol–water partition coefficient (Wildman–Crippen LogP) is 2.70. The number of carbonyl (C=O) groups excluding carboxylic acids is 1. The Morgan fingerprint density at radius 3 is 2.43 bits per heavy atom. The van der Waals surface area contributed by atoms with Crippen LogP contribution >= 0.6 is 0 Å². The van der Waals surface area contributed by atoms with Crippen LogP contribution in [0.15, 0.2) is 59.7 Å². The number of amides is 1. The van der Waals surface area contributed by atoms with Gasteiger partial charge in [0.15, 0.2) is 0 Å². The van der Waals surface area contributed by atoms with Crippen molar-refractivity contribution in [3.63, 3.8) is 0 Å². The van der Waals surface area contributed by atoms with Crippen LogP contribution in [0.4, 0.5) is 0 Å². The molecule has 0 aliphatic rings. The summed E-state index contributed by atoms with van der Waals surface area (Å²) in [6.07, 6.45) is 1.52. The van der Waals surface area contributed by atoms with Crippen molar-refractivity contribution in [1.82, 2.24) is 19.8 Å². The summed E-state index contributed by atoms with van der Waals surface area (Å²) in [6, 6.07) is 14.5. The lowest BCUT2D eigenvalue weighted by Crippen LogP contribution is -2.43. The minimum absolute atomic E-state index is 0.122. The molecule has 0 radical (unpaired) electrons. The Bertz CT molecular complexity index is 1010. The van der Waals surface area contributed by atoms with Gasteiger partial charge in [-0.1, -0.05) is 26.0 Å². The van der Waals surface area contributed by atoms with Crippen LogP contribution in [0.3, 0.4) is 0 Å². The molecule has 0 aliphatic carbocycles. The molecule has 0 saturated heterocycles. The van der Waals surface area contributed by atoms with E-state index in [0.717, 1.165) is 0 Å². The quantitative estimate of drug-likeness (QED) is 0.716. The number of rotatable bonds is 6. The topological polar surface area (TPSA) is 67.2 Å². The summed E-state index contributed by atoms with van der Waals surface area (Å²) in [4.78, 5) is 31.6. The van der Waals surface area contributed by atoms with Crippen molar-refractivity contribution in [1.29, 1.82) is 0 Å². The normalized spacial score (nSPS) is 12.5. The average molecular weight is 378 g/mol. The van der Waals surface area contributed by atoms with E-state index in [9.17, 15) is 9.59 Å². The number of fused-ring (bicyclic) bond motifs is 1. The molecular formula is C22H26N4O2. The van der Waals surface area contributed by atoms with Crippen LogP contribution in [0.25, 0.3) is 16.6 Å². The van der Waals surface area contributed by atoms with E-state index in [1.165, 1.54) is 10.9 Å². The highest BCUT2D eigenvalue weighted by atomic mass is 16.1. The number of likely N-dealkylation sites (N-methyl/N-ethyl adjacent to an activating group) is 1. The minimum Gasteiger partial charge on any atom is -0.350 e. The Balaban J connectivity index is 1.78. The van der Waals surface area contributed by atoms with E-state index in [4.69, 9.17) is 0 Å². The largest absolute Gasteiger partial charge is 0.350 e. The first-order valence-corrected chi connectivity index (χ1v) is 9.40. The minimum atomic E-state index is -0.131. The molecule has 1 N–H and O–H groups in total. The van der Waals surface area contributed by atoms with Gasteiger partial charge in [0.05, 0.1) is 16.6 Å². The third-order valence-electron chi connectivity index (χ3n) is 4.98. The molecule has 1 atom stereocenters. The molecule has 0 fully saturated rings. The van der Waals surface area contributed by atoms with Gasteiger partial charge in [-0.3, -0.25) is 14.2 Å². The van der Waals surface area contributed by atoms with Gasteiger partial charge in [0, 0.05) is 18.2 Å². The fraction of sp³-hybridized carbons (Fsp3) is 0.318. The Morgan fingerprint density at radius 1 is 1.11 bits per heavy atom. The molecule has 146 valence electrons. The van der Waals surface area contributed by atoms with Crippen LogP contribution in [0.5, 0.6) is 0 Å². The Hall–Kier alpha value is -2.99. The zero-order valence-electron chi connectivity index (χ0n) is 16.7. The molecule has 3 rings (SSSR count). The highest BCUT2D eigenvalue weighted by molar-refractivity contribution is 5.94. The summed E-state index contributed by atoms with van der Waals surface area (Å²) in [6.45, 7) is 4.86. The van der Waals surface area contributed by atoms with E-state index in [0.29, 0.717) is 34.6 Å². The SMILES string of the molecule is CC(C)[C@@H](CNC(=O)c1ccc(-n2cnc3ccccc3c2=O)cc1)N(C)C. The zero-order chi connectivity index (χ0) is 20.3. The highest BCUT2D eigenvalue weighted by Crippen LogP contribution is 2.11.